The third kappa shape index (κ3) is 5.97. The minimum Gasteiger partial charge on any atom is -0.482 e. The number of carbonyl (C=O) groups is 1. The number of amides is 1. The van der Waals surface area contributed by atoms with Gasteiger partial charge in [0.05, 0.1) is 12.3 Å². The number of hydrogen-bond acceptors (Lipinski definition) is 4. The first-order valence-electron chi connectivity index (χ1n) is 9.78. The lowest BCUT2D eigenvalue weighted by Gasteiger charge is -2.29. The molecule has 7 nitrogen and oxygen atoms in total. The zero-order valence-electron chi connectivity index (χ0n) is 16.7. The zero-order valence-corrected chi connectivity index (χ0v) is 19.1. The highest BCUT2D eigenvalue weighted by molar-refractivity contribution is 14.0. The van der Waals surface area contributed by atoms with Crippen LogP contribution in [0.2, 0.25) is 0 Å². The number of hydrogen-bond donors (Lipinski definition) is 1. The van der Waals surface area contributed by atoms with Gasteiger partial charge in [0.15, 0.2) is 12.6 Å². The lowest BCUT2D eigenvalue weighted by molar-refractivity contribution is -0.121. The monoisotopic (exact) mass is 502 g/mol. The first kappa shape index (κ1) is 22.7. The van der Waals surface area contributed by atoms with Crippen molar-refractivity contribution >= 4 is 41.5 Å². The summed E-state index contributed by atoms with van der Waals surface area (Å²) in [6.45, 7) is 6.97. The average Bonchev–Trinajstić information content (AvgIpc) is 3.18. The molecule has 1 aromatic carbocycles. The van der Waals surface area contributed by atoms with E-state index >= 15 is 0 Å². The van der Waals surface area contributed by atoms with Crippen molar-refractivity contribution in [2.45, 2.75) is 19.8 Å². The van der Waals surface area contributed by atoms with Crippen molar-refractivity contribution in [2.75, 3.05) is 57.9 Å². The number of anilines is 1. The van der Waals surface area contributed by atoms with Crippen LogP contribution in [0.15, 0.2) is 29.3 Å². The fraction of sp³-hybridized carbons (Fsp3) is 0.600. The SMILES string of the molecule is CCNC(=NCCCN1C(=O)COc2ccccc21)N(C)CC1CCOC1.I. The van der Waals surface area contributed by atoms with Crippen molar-refractivity contribution in [1.29, 1.82) is 0 Å². The molecule has 28 heavy (non-hydrogen) atoms. The molecule has 156 valence electrons. The Morgan fingerprint density at radius 2 is 2.21 bits per heavy atom. The summed E-state index contributed by atoms with van der Waals surface area (Å²) in [5, 5.41) is 3.35. The molecule has 1 amide bonds. The number of rotatable bonds is 7. The predicted molar refractivity (Wildman–Crippen MR) is 122 cm³/mol. The average molecular weight is 502 g/mol. The maximum Gasteiger partial charge on any atom is 0.265 e. The van der Waals surface area contributed by atoms with Gasteiger partial charge in [0.1, 0.15) is 5.75 Å². The molecule has 0 radical (unpaired) electrons. The molecule has 1 N–H and O–H groups in total. The Morgan fingerprint density at radius 1 is 1.39 bits per heavy atom. The third-order valence-corrected chi connectivity index (χ3v) is 4.86. The van der Waals surface area contributed by atoms with Crippen LogP contribution in [0.1, 0.15) is 19.8 Å². The number of ether oxygens (including phenoxy) is 2. The Labute approximate surface area is 184 Å². The summed E-state index contributed by atoms with van der Waals surface area (Å²) in [5.74, 6) is 2.26. The standard InChI is InChI=1S/C20H30N4O3.HI/c1-3-21-20(23(2)13-16-9-12-26-14-16)22-10-6-11-24-17-7-4-5-8-18(17)27-15-19(24)25;/h4-5,7-8,16H,3,6,9-15H2,1-2H3,(H,21,22);1H. The summed E-state index contributed by atoms with van der Waals surface area (Å²) < 4.78 is 11.0. The molecule has 0 saturated carbocycles. The number of fused-ring (bicyclic) bond motifs is 1. The van der Waals surface area contributed by atoms with E-state index in [2.05, 4.69) is 24.2 Å². The van der Waals surface area contributed by atoms with Crippen LogP contribution in [0, 0.1) is 5.92 Å². The minimum absolute atomic E-state index is 0. The fourth-order valence-electron chi connectivity index (χ4n) is 3.48. The number of nitrogens with zero attached hydrogens (tertiary/aromatic N) is 3. The lowest BCUT2D eigenvalue weighted by Crippen LogP contribution is -2.42. The van der Waals surface area contributed by atoms with Gasteiger partial charge in [0.2, 0.25) is 0 Å². The highest BCUT2D eigenvalue weighted by Crippen LogP contribution is 2.31. The number of benzene rings is 1. The van der Waals surface area contributed by atoms with Gasteiger partial charge in [-0.05, 0) is 31.9 Å². The van der Waals surface area contributed by atoms with E-state index in [1.54, 1.807) is 4.90 Å². The van der Waals surface area contributed by atoms with Gasteiger partial charge < -0.3 is 24.6 Å². The van der Waals surface area contributed by atoms with E-state index in [1.165, 1.54) is 0 Å². The van der Waals surface area contributed by atoms with Crippen molar-refractivity contribution in [3.05, 3.63) is 24.3 Å². The Bertz CT molecular complexity index is 665. The van der Waals surface area contributed by atoms with E-state index in [-0.39, 0.29) is 36.5 Å². The normalized spacial score (nSPS) is 18.9. The van der Waals surface area contributed by atoms with Crippen LogP contribution >= 0.6 is 24.0 Å². The second kappa shape index (κ2) is 11.5. The molecule has 1 saturated heterocycles. The first-order valence-corrected chi connectivity index (χ1v) is 9.78. The molecule has 0 aliphatic carbocycles. The molecule has 2 aliphatic heterocycles. The summed E-state index contributed by atoms with van der Waals surface area (Å²) in [4.78, 5) is 20.9. The van der Waals surface area contributed by atoms with Crippen LogP contribution in [0.5, 0.6) is 5.75 Å². The maximum absolute atomic E-state index is 12.2. The van der Waals surface area contributed by atoms with Crippen LogP contribution in [-0.2, 0) is 9.53 Å². The summed E-state index contributed by atoms with van der Waals surface area (Å²) in [6.07, 6.45) is 1.91. The number of aliphatic imine (C=N–C) groups is 1. The van der Waals surface area contributed by atoms with Gasteiger partial charge in [0, 0.05) is 45.8 Å². The molecule has 1 unspecified atom stereocenters. The lowest BCUT2D eigenvalue weighted by atomic mass is 10.1. The van der Waals surface area contributed by atoms with Crippen LogP contribution < -0.4 is 15.0 Å². The second-order valence-corrected chi connectivity index (χ2v) is 7.00. The third-order valence-electron chi connectivity index (χ3n) is 4.86. The van der Waals surface area contributed by atoms with E-state index in [1.807, 2.05) is 24.3 Å². The number of nitrogens with one attached hydrogen (secondary N) is 1. The second-order valence-electron chi connectivity index (χ2n) is 7.00. The van der Waals surface area contributed by atoms with Crippen LogP contribution in [0.4, 0.5) is 5.69 Å². The summed E-state index contributed by atoms with van der Waals surface area (Å²) >= 11 is 0. The molecular weight excluding hydrogens is 471 g/mol. The Balaban J connectivity index is 0.00000280. The Kier molecular flexibility index (Phi) is 9.30. The summed E-state index contributed by atoms with van der Waals surface area (Å²) in [6, 6.07) is 7.68. The van der Waals surface area contributed by atoms with Crippen molar-refractivity contribution < 1.29 is 14.3 Å². The van der Waals surface area contributed by atoms with E-state index in [0.29, 0.717) is 19.0 Å². The molecule has 8 heteroatoms. The van der Waals surface area contributed by atoms with Gasteiger partial charge in [-0.2, -0.15) is 0 Å². The van der Waals surface area contributed by atoms with Gasteiger partial charge in [-0.15, -0.1) is 24.0 Å². The Hall–Kier alpha value is -1.55. The van der Waals surface area contributed by atoms with E-state index in [9.17, 15) is 4.79 Å². The van der Waals surface area contributed by atoms with Crippen molar-refractivity contribution in [1.82, 2.24) is 10.2 Å². The minimum atomic E-state index is 0. The van der Waals surface area contributed by atoms with Crippen molar-refractivity contribution in [2.24, 2.45) is 10.9 Å². The topological polar surface area (TPSA) is 66.4 Å². The molecular formula is C20H31IN4O3. The molecule has 2 aliphatic rings. The zero-order chi connectivity index (χ0) is 19.1. The van der Waals surface area contributed by atoms with Crippen LogP contribution in [0.25, 0.3) is 0 Å². The van der Waals surface area contributed by atoms with Gasteiger partial charge in [0.25, 0.3) is 5.91 Å². The number of guanidine groups is 1. The van der Waals surface area contributed by atoms with Crippen molar-refractivity contribution in [3.8, 4) is 5.75 Å². The first-order chi connectivity index (χ1) is 13.2. The largest absolute Gasteiger partial charge is 0.482 e. The molecule has 0 spiro atoms. The molecule has 1 atom stereocenters. The van der Waals surface area contributed by atoms with Gasteiger partial charge in [-0.1, -0.05) is 12.1 Å². The maximum atomic E-state index is 12.2. The number of para-hydroxylation sites is 2. The van der Waals surface area contributed by atoms with E-state index < -0.39 is 0 Å². The van der Waals surface area contributed by atoms with Crippen LogP contribution in [-0.4, -0.2) is 69.8 Å². The molecule has 2 heterocycles. The van der Waals surface area contributed by atoms with Gasteiger partial charge in [-0.25, -0.2) is 0 Å². The highest BCUT2D eigenvalue weighted by atomic mass is 127. The molecule has 0 bridgehead atoms. The molecule has 3 rings (SSSR count). The highest BCUT2D eigenvalue weighted by Gasteiger charge is 2.24. The molecule has 1 aromatic rings. The Morgan fingerprint density at radius 3 is 2.96 bits per heavy atom. The smallest absolute Gasteiger partial charge is 0.265 e. The summed E-state index contributed by atoms with van der Waals surface area (Å²) in [5.41, 5.74) is 0.850. The van der Waals surface area contributed by atoms with Crippen molar-refractivity contribution in [3.63, 3.8) is 0 Å². The van der Waals surface area contributed by atoms with E-state index in [0.717, 1.165) is 56.5 Å². The fourth-order valence-corrected chi connectivity index (χ4v) is 3.48. The van der Waals surface area contributed by atoms with E-state index in [4.69, 9.17) is 14.5 Å². The van der Waals surface area contributed by atoms with Crippen LogP contribution in [0.3, 0.4) is 0 Å². The van der Waals surface area contributed by atoms with Gasteiger partial charge in [-0.3, -0.25) is 9.79 Å². The summed E-state index contributed by atoms with van der Waals surface area (Å²) in [7, 11) is 2.07. The predicted octanol–water partition coefficient (Wildman–Crippen LogP) is 2.35. The van der Waals surface area contributed by atoms with Gasteiger partial charge >= 0.3 is 0 Å². The number of carbonyl (C=O) groups excluding carboxylic acids is 1. The quantitative estimate of drug-likeness (QED) is 0.269. The molecule has 1 fully saturated rings. The molecule has 0 aromatic heterocycles. The number of halogens is 1.